The van der Waals surface area contributed by atoms with Gasteiger partial charge in [0.05, 0.1) is 12.7 Å². The van der Waals surface area contributed by atoms with Gasteiger partial charge in [-0.15, -0.1) is 0 Å². The number of hydrogen-bond donors (Lipinski definition) is 1. The first-order chi connectivity index (χ1) is 7.71. The van der Waals surface area contributed by atoms with E-state index in [9.17, 15) is 4.39 Å². The fraction of sp³-hybridized carbons (Fsp3) is 0.500. The Morgan fingerprint density at radius 3 is 2.62 bits per heavy atom. The molecular weight excluding hydrogens is 209 g/mol. The zero-order chi connectivity index (χ0) is 11.6. The Morgan fingerprint density at radius 1 is 1.38 bits per heavy atom. The third kappa shape index (κ3) is 1.90. The van der Waals surface area contributed by atoms with Gasteiger partial charge in [0.25, 0.3) is 0 Å². The highest BCUT2D eigenvalue weighted by Crippen LogP contribution is 2.29. The maximum atomic E-state index is 13.7. The molecule has 0 aromatic heterocycles. The highest BCUT2D eigenvalue weighted by molar-refractivity contribution is 5.36. The van der Waals surface area contributed by atoms with E-state index in [1.165, 1.54) is 6.07 Å². The average Bonchev–Trinajstić information content (AvgIpc) is 2.25. The van der Waals surface area contributed by atoms with Crippen LogP contribution in [0.25, 0.3) is 0 Å². The fourth-order valence-corrected chi connectivity index (χ4v) is 1.97. The van der Waals surface area contributed by atoms with E-state index in [1.807, 2.05) is 0 Å². The van der Waals surface area contributed by atoms with Gasteiger partial charge in [-0.1, -0.05) is 6.07 Å². The molecule has 1 heterocycles. The lowest BCUT2D eigenvalue weighted by Gasteiger charge is -2.41. The largest absolute Gasteiger partial charge is 0.496 e. The second-order valence-electron chi connectivity index (χ2n) is 4.09. The van der Waals surface area contributed by atoms with Crippen molar-refractivity contribution in [2.75, 3.05) is 27.3 Å². The molecule has 0 saturated carbocycles. The van der Waals surface area contributed by atoms with Crippen LogP contribution < -0.4 is 10.1 Å². The average molecular weight is 225 g/mol. The molecule has 16 heavy (non-hydrogen) atoms. The van der Waals surface area contributed by atoms with Gasteiger partial charge in [-0.25, -0.2) is 4.39 Å². The Morgan fingerprint density at radius 2 is 2.12 bits per heavy atom. The van der Waals surface area contributed by atoms with Crippen LogP contribution in [0.2, 0.25) is 0 Å². The number of benzene rings is 1. The third-order valence-electron chi connectivity index (χ3n) is 3.12. The molecule has 88 valence electrons. The molecule has 0 unspecified atom stereocenters. The normalized spacial score (nSPS) is 17.9. The number of rotatable bonds is 4. The first-order valence-electron chi connectivity index (χ1n) is 5.28. The van der Waals surface area contributed by atoms with Crippen LogP contribution in [-0.4, -0.2) is 32.9 Å². The van der Waals surface area contributed by atoms with E-state index in [0.717, 1.165) is 13.1 Å². The van der Waals surface area contributed by atoms with E-state index >= 15 is 0 Å². The summed E-state index contributed by atoms with van der Waals surface area (Å²) in [5.74, 6) is 0.353. The van der Waals surface area contributed by atoms with Gasteiger partial charge >= 0.3 is 0 Å². The Balaban J connectivity index is 2.26. The second kappa shape index (κ2) is 4.39. The maximum Gasteiger partial charge on any atom is 0.130 e. The van der Waals surface area contributed by atoms with Crippen LogP contribution in [0, 0.1) is 5.82 Å². The molecule has 3 nitrogen and oxygen atoms in total. The summed E-state index contributed by atoms with van der Waals surface area (Å²) in [6.07, 6.45) is 0.534. The standard InChI is InChI=1S/C12H16FNO2/c1-15-11-5-3-4-10(13)9(11)6-12(16-2)7-14-8-12/h3-5,14H,6-8H2,1-2H3. The molecule has 1 aromatic carbocycles. The lowest BCUT2D eigenvalue weighted by Crippen LogP contribution is -2.62. The van der Waals surface area contributed by atoms with Crippen LogP contribution in [-0.2, 0) is 11.2 Å². The number of nitrogens with one attached hydrogen (secondary N) is 1. The lowest BCUT2D eigenvalue weighted by atomic mass is 9.88. The highest BCUT2D eigenvalue weighted by atomic mass is 19.1. The summed E-state index contributed by atoms with van der Waals surface area (Å²) in [4.78, 5) is 0. The summed E-state index contributed by atoms with van der Waals surface area (Å²) in [5.41, 5.74) is 0.309. The molecule has 0 amide bonds. The van der Waals surface area contributed by atoms with Crippen LogP contribution in [0.4, 0.5) is 4.39 Å². The Hall–Kier alpha value is -1.13. The second-order valence-corrected chi connectivity index (χ2v) is 4.09. The van der Waals surface area contributed by atoms with Crippen molar-refractivity contribution in [3.8, 4) is 5.75 Å². The van der Waals surface area contributed by atoms with E-state index < -0.39 is 0 Å². The summed E-state index contributed by atoms with van der Waals surface area (Å²) >= 11 is 0. The SMILES string of the molecule is COc1cccc(F)c1CC1(OC)CNC1. The van der Waals surface area contributed by atoms with Crippen molar-refractivity contribution < 1.29 is 13.9 Å². The van der Waals surface area contributed by atoms with E-state index in [0.29, 0.717) is 17.7 Å². The number of ether oxygens (including phenoxy) is 2. The van der Waals surface area contributed by atoms with Gasteiger partial charge in [0, 0.05) is 32.2 Å². The van der Waals surface area contributed by atoms with Gasteiger partial charge in [-0.3, -0.25) is 0 Å². The van der Waals surface area contributed by atoms with Crippen molar-refractivity contribution in [3.05, 3.63) is 29.6 Å². The third-order valence-corrected chi connectivity index (χ3v) is 3.12. The van der Waals surface area contributed by atoms with Crippen molar-refractivity contribution in [2.24, 2.45) is 0 Å². The topological polar surface area (TPSA) is 30.5 Å². The summed E-state index contributed by atoms with van der Waals surface area (Å²) < 4.78 is 24.3. The molecule has 1 aliphatic rings. The van der Waals surface area contributed by atoms with Crippen LogP contribution in [0.5, 0.6) is 5.75 Å². The summed E-state index contributed by atoms with van der Waals surface area (Å²) in [7, 11) is 3.21. The summed E-state index contributed by atoms with van der Waals surface area (Å²) in [6, 6.07) is 4.87. The molecule has 2 rings (SSSR count). The zero-order valence-corrected chi connectivity index (χ0v) is 9.55. The Kier molecular flexibility index (Phi) is 3.12. The first-order valence-corrected chi connectivity index (χ1v) is 5.28. The quantitative estimate of drug-likeness (QED) is 0.839. The number of methoxy groups -OCH3 is 2. The van der Waals surface area contributed by atoms with Crippen molar-refractivity contribution in [3.63, 3.8) is 0 Å². The van der Waals surface area contributed by atoms with E-state index in [2.05, 4.69) is 5.32 Å². The molecule has 1 saturated heterocycles. The molecule has 1 N–H and O–H groups in total. The Bertz CT molecular complexity index is 372. The number of hydrogen-bond acceptors (Lipinski definition) is 3. The zero-order valence-electron chi connectivity index (χ0n) is 9.55. The van der Waals surface area contributed by atoms with Gasteiger partial charge in [-0.2, -0.15) is 0 Å². The fourth-order valence-electron chi connectivity index (χ4n) is 1.97. The van der Waals surface area contributed by atoms with Crippen molar-refractivity contribution >= 4 is 0 Å². The van der Waals surface area contributed by atoms with E-state index in [1.54, 1.807) is 26.4 Å². The minimum atomic E-state index is -0.282. The van der Waals surface area contributed by atoms with Crippen LogP contribution in [0.1, 0.15) is 5.56 Å². The van der Waals surface area contributed by atoms with Crippen LogP contribution in [0.15, 0.2) is 18.2 Å². The van der Waals surface area contributed by atoms with Crippen molar-refractivity contribution in [1.82, 2.24) is 5.32 Å². The minimum Gasteiger partial charge on any atom is -0.496 e. The van der Waals surface area contributed by atoms with Crippen LogP contribution >= 0.6 is 0 Å². The van der Waals surface area contributed by atoms with Crippen molar-refractivity contribution in [1.29, 1.82) is 0 Å². The minimum absolute atomic E-state index is 0.234. The van der Waals surface area contributed by atoms with E-state index in [4.69, 9.17) is 9.47 Å². The summed E-state index contributed by atoms with van der Waals surface area (Å²) in [5, 5.41) is 3.14. The molecular formula is C12H16FNO2. The molecule has 0 bridgehead atoms. The molecule has 0 spiro atoms. The van der Waals surface area contributed by atoms with Gasteiger partial charge in [-0.05, 0) is 12.1 Å². The predicted octanol–water partition coefficient (Wildman–Crippen LogP) is 1.37. The molecule has 0 atom stereocenters. The van der Waals surface area contributed by atoms with Gasteiger partial charge < -0.3 is 14.8 Å². The smallest absolute Gasteiger partial charge is 0.130 e. The molecule has 0 radical (unpaired) electrons. The van der Waals surface area contributed by atoms with Crippen LogP contribution in [0.3, 0.4) is 0 Å². The molecule has 4 heteroatoms. The van der Waals surface area contributed by atoms with Gasteiger partial charge in [0.1, 0.15) is 11.6 Å². The van der Waals surface area contributed by atoms with E-state index in [-0.39, 0.29) is 11.4 Å². The summed E-state index contributed by atoms with van der Waals surface area (Å²) in [6.45, 7) is 1.50. The monoisotopic (exact) mass is 225 g/mol. The van der Waals surface area contributed by atoms with Gasteiger partial charge in [0.2, 0.25) is 0 Å². The van der Waals surface area contributed by atoms with Crippen molar-refractivity contribution in [2.45, 2.75) is 12.0 Å². The first kappa shape index (κ1) is 11.4. The maximum absolute atomic E-state index is 13.7. The molecule has 1 aromatic rings. The van der Waals surface area contributed by atoms with Gasteiger partial charge in [0.15, 0.2) is 0 Å². The highest BCUT2D eigenvalue weighted by Gasteiger charge is 2.38. The number of halogens is 1. The molecule has 0 aliphatic carbocycles. The molecule has 1 aliphatic heterocycles. The lowest BCUT2D eigenvalue weighted by molar-refractivity contribution is -0.0510. The Labute approximate surface area is 94.6 Å². The molecule has 1 fully saturated rings. The predicted molar refractivity (Wildman–Crippen MR) is 59.3 cm³/mol.